The van der Waals surface area contributed by atoms with E-state index in [-0.39, 0.29) is 28.9 Å². The van der Waals surface area contributed by atoms with Gasteiger partial charge in [-0.15, -0.1) is 0 Å². The number of primary amides is 1. The normalized spacial score (nSPS) is 13.9. The molecule has 1 heterocycles. The minimum absolute atomic E-state index is 0.0923. The van der Waals surface area contributed by atoms with Crippen LogP contribution in [-0.4, -0.2) is 30.2 Å². The molecule has 0 bridgehead atoms. The van der Waals surface area contributed by atoms with Crippen LogP contribution in [0, 0.1) is 5.92 Å². The average molecular weight is 430 g/mol. The van der Waals surface area contributed by atoms with E-state index in [2.05, 4.69) is 14.7 Å². The lowest BCUT2D eigenvalue weighted by Crippen LogP contribution is -2.22. The van der Waals surface area contributed by atoms with Crippen LogP contribution in [0.4, 0.5) is 16.4 Å². The molecule has 1 aliphatic carbocycles. The van der Waals surface area contributed by atoms with Crippen molar-refractivity contribution in [3.63, 3.8) is 0 Å². The van der Waals surface area contributed by atoms with E-state index in [1.807, 2.05) is 5.32 Å². The number of carbonyl (C=O) groups is 2. The largest absolute Gasteiger partial charge is 0.351 e. The third kappa shape index (κ3) is 4.29. The summed E-state index contributed by atoms with van der Waals surface area (Å²) < 4.78 is 27.8. The molecule has 3 rings (SSSR count). The minimum Gasteiger partial charge on any atom is -0.351 e. The van der Waals surface area contributed by atoms with Gasteiger partial charge >= 0.3 is 6.03 Å². The number of nitrogens with one attached hydrogen (secondary N) is 2. The number of para-hydroxylation sites is 1. The van der Waals surface area contributed by atoms with Crippen LogP contribution in [0.2, 0.25) is 10.3 Å². The van der Waals surface area contributed by atoms with Gasteiger partial charge < -0.3 is 5.73 Å². The summed E-state index contributed by atoms with van der Waals surface area (Å²) in [7, 11) is -4.32. The molecule has 2 amide bonds. The van der Waals surface area contributed by atoms with Crippen LogP contribution in [0.3, 0.4) is 0 Å². The Morgan fingerprint density at radius 2 is 1.70 bits per heavy atom. The van der Waals surface area contributed by atoms with Gasteiger partial charge in [0.25, 0.3) is 10.0 Å². The SMILES string of the molecule is NC(=O)Nc1nc(Cl)c(S(=O)(=O)Nc2ccccc2C(=O)C2CC2)c(Cl)n1. The van der Waals surface area contributed by atoms with Crippen molar-refractivity contribution in [1.82, 2.24) is 9.97 Å². The van der Waals surface area contributed by atoms with Gasteiger partial charge in [0.1, 0.15) is 0 Å². The topological polar surface area (TPSA) is 144 Å². The van der Waals surface area contributed by atoms with Crippen LogP contribution in [0.1, 0.15) is 23.2 Å². The highest BCUT2D eigenvalue weighted by Gasteiger charge is 2.33. The second-order valence-corrected chi connectivity index (χ2v) is 8.07. The van der Waals surface area contributed by atoms with Crippen LogP contribution < -0.4 is 15.8 Å². The van der Waals surface area contributed by atoms with Crippen LogP contribution >= 0.6 is 23.2 Å². The lowest BCUT2D eigenvalue weighted by Gasteiger charge is -2.13. The van der Waals surface area contributed by atoms with E-state index >= 15 is 0 Å². The van der Waals surface area contributed by atoms with Gasteiger partial charge in [0, 0.05) is 11.5 Å². The van der Waals surface area contributed by atoms with Gasteiger partial charge in [-0.25, -0.2) is 13.2 Å². The van der Waals surface area contributed by atoms with Crippen LogP contribution in [-0.2, 0) is 10.0 Å². The highest BCUT2D eigenvalue weighted by atomic mass is 35.5. The van der Waals surface area contributed by atoms with E-state index in [0.717, 1.165) is 12.8 Å². The lowest BCUT2D eigenvalue weighted by atomic mass is 10.1. The molecule has 27 heavy (non-hydrogen) atoms. The van der Waals surface area contributed by atoms with Crippen LogP contribution in [0.15, 0.2) is 29.2 Å². The number of halogens is 2. The molecule has 0 aliphatic heterocycles. The van der Waals surface area contributed by atoms with Crippen molar-refractivity contribution in [2.45, 2.75) is 17.7 Å². The molecular weight excluding hydrogens is 417 g/mol. The maximum Gasteiger partial charge on any atom is 0.319 e. The summed E-state index contributed by atoms with van der Waals surface area (Å²) >= 11 is 11.8. The maximum atomic E-state index is 12.8. The number of sulfonamides is 1. The molecular formula is C15H13Cl2N5O4S. The molecule has 12 heteroatoms. The first kappa shape index (κ1) is 19.3. The Morgan fingerprint density at radius 1 is 1.11 bits per heavy atom. The third-order valence-corrected chi connectivity index (χ3v) is 5.86. The Hall–Kier alpha value is -2.43. The van der Waals surface area contributed by atoms with Gasteiger partial charge in [-0.3, -0.25) is 14.8 Å². The quantitative estimate of drug-likeness (QED) is 0.475. The van der Waals surface area contributed by atoms with Crippen molar-refractivity contribution in [3.8, 4) is 0 Å². The van der Waals surface area contributed by atoms with Crippen LogP contribution in [0.25, 0.3) is 0 Å². The molecule has 1 aromatic heterocycles. The molecule has 0 spiro atoms. The van der Waals surface area contributed by atoms with E-state index in [4.69, 9.17) is 28.9 Å². The highest BCUT2D eigenvalue weighted by molar-refractivity contribution is 7.93. The van der Waals surface area contributed by atoms with Crippen molar-refractivity contribution < 1.29 is 18.0 Å². The fraction of sp³-hybridized carbons (Fsp3) is 0.200. The minimum atomic E-state index is -4.32. The standard InChI is InChI=1S/C15H13Cl2N5O4S/c16-12-11(13(17)20-15(19-12)21-14(18)24)27(25,26)22-9-4-2-1-3-8(9)10(23)7-5-6-7/h1-4,7,22H,5-6H2,(H3,18,19,20,21,24). The van der Waals surface area contributed by atoms with Gasteiger partial charge in [-0.1, -0.05) is 35.3 Å². The Kier molecular flexibility index (Phi) is 5.22. The predicted octanol–water partition coefficient (Wildman–Crippen LogP) is 2.67. The fourth-order valence-electron chi connectivity index (χ4n) is 2.33. The molecule has 1 saturated carbocycles. The molecule has 1 fully saturated rings. The number of carbonyl (C=O) groups excluding carboxylic acids is 2. The van der Waals surface area contributed by atoms with E-state index in [1.165, 1.54) is 12.1 Å². The first-order valence-corrected chi connectivity index (χ1v) is 9.88. The molecule has 1 aromatic carbocycles. The predicted molar refractivity (Wildman–Crippen MR) is 99.6 cm³/mol. The summed E-state index contributed by atoms with van der Waals surface area (Å²) in [6, 6.07) is 5.25. The van der Waals surface area contributed by atoms with E-state index in [1.54, 1.807) is 12.1 Å². The number of urea groups is 1. The van der Waals surface area contributed by atoms with E-state index in [0.29, 0.717) is 0 Å². The van der Waals surface area contributed by atoms with Gasteiger partial charge in [0.15, 0.2) is 21.0 Å². The summed E-state index contributed by atoms with van der Waals surface area (Å²) in [5.74, 6) is -0.575. The molecule has 9 nitrogen and oxygen atoms in total. The molecule has 0 atom stereocenters. The molecule has 0 unspecified atom stereocenters. The number of hydrogen-bond acceptors (Lipinski definition) is 6. The summed E-state index contributed by atoms with van der Waals surface area (Å²) in [5, 5.41) is 1.01. The number of Topliss-reactive ketones (excluding diaryl/α,β-unsaturated/α-hetero) is 1. The molecule has 2 aromatic rings. The van der Waals surface area contributed by atoms with Crippen molar-refractivity contribution >= 4 is 56.7 Å². The summed E-state index contributed by atoms with van der Waals surface area (Å²) in [5.41, 5.74) is 5.30. The number of benzene rings is 1. The Bertz CT molecular complexity index is 1020. The molecule has 142 valence electrons. The van der Waals surface area contributed by atoms with E-state index in [9.17, 15) is 18.0 Å². The van der Waals surface area contributed by atoms with Crippen LogP contribution in [0.5, 0.6) is 0 Å². The first-order chi connectivity index (χ1) is 12.7. The molecule has 0 radical (unpaired) electrons. The Labute approximate surface area is 164 Å². The molecule has 0 saturated heterocycles. The van der Waals surface area contributed by atoms with E-state index < -0.39 is 31.3 Å². The molecule has 4 N–H and O–H groups in total. The van der Waals surface area contributed by atoms with Crippen molar-refractivity contribution in [2.75, 3.05) is 10.0 Å². The second-order valence-electron chi connectivity index (χ2n) is 5.74. The fourth-order valence-corrected chi connectivity index (χ4v) is 4.43. The zero-order valence-electron chi connectivity index (χ0n) is 13.6. The summed E-state index contributed by atoms with van der Waals surface area (Å²) in [6.45, 7) is 0. The average Bonchev–Trinajstić information content (AvgIpc) is 3.37. The number of ketones is 1. The smallest absolute Gasteiger partial charge is 0.319 e. The second kappa shape index (κ2) is 7.29. The number of anilines is 2. The maximum absolute atomic E-state index is 12.8. The zero-order valence-corrected chi connectivity index (χ0v) is 15.9. The summed E-state index contributed by atoms with van der Waals surface area (Å²) in [4.78, 5) is 29.9. The zero-order chi connectivity index (χ0) is 19.8. The van der Waals surface area contributed by atoms with Gasteiger partial charge in [0.2, 0.25) is 5.95 Å². The number of aromatic nitrogens is 2. The number of nitrogens with two attached hydrogens (primary N) is 1. The number of hydrogen-bond donors (Lipinski definition) is 3. The monoisotopic (exact) mass is 429 g/mol. The summed E-state index contributed by atoms with van der Waals surface area (Å²) in [6.07, 6.45) is 1.56. The van der Waals surface area contributed by atoms with Crippen molar-refractivity contribution in [1.29, 1.82) is 0 Å². The number of amides is 2. The van der Waals surface area contributed by atoms with Gasteiger partial charge in [-0.05, 0) is 25.0 Å². The Morgan fingerprint density at radius 3 is 2.26 bits per heavy atom. The number of nitrogens with zero attached hydrogens (tertiary/aromatic N) is 2. The Balaban J connectivity index is 1.97. The lowest BCUT2D eigenvalue weighted by molar-refractivity contribution is 0.0968. The number of rotatable bonds is 6. The third-order valence-electron chi connectivity index (χ3n) is 3.67. The van der Waals surface area contributed by atoms with Gasteiger partial charge in [0.05, 0.1) is 5.69 Å². The molecule has 1 aliphatic rings. The van der Waals surface area contributed by atoms with Crippen molar-refractivity contribution in [2.24, 2.45) is 11.7 Å². The van der Waals surface area contributed by atoms with Gasteiger partial charge in [-0.2, -0.15) is 9.97 Å². The van der Waals surface area contributed by atoms with Crippen molar-refractivity contribution in [3.05, 3.63) is 40.1 Å². The highest BCUT2D eigenvalue weighted by Crippen LogP contribution is 2.36. The first-order valence-electron chi connectivity index (χ1n) is 7.64.